The first-order valence-electron chi connectivity index (χ1n) is 6.06. The molecule has 0 amide bonds. The van der Waals surface area contributed by atoms with E-state index < -0.39 is 0 Å². The van der Waals surface area contributed by atoms with Crippen LogP contribution >= 0.6 is 0 Å². The maximum atomic E-state index is 5.35. The van der Waals surface area contributed by atoms with Gasteiger partial charge >= 0.3 is 0 Å². The first-order chi connectivity index (χ1) is 8.42. The highest BCUT2D eigenvalue weighted by molar-refractivity contribution is 5.78. The van der Waals surface area contributed by atoms with Gasteiger partial charge in [0.2, 0.25) is 0 Å². The molecule has 1 aromatic carbocycles. The van der Waals surface area contributed by atoms with Gasteiger partial charge in [-0.05, 0) is 12.1 Å². The summed E-state index contributed by atoms with van der Waals surface area (Å²) in [6, 6.07) is 12.5. The van der Waals surface area contributed by atoms with Crippen molar-refractivity contribution in [1.29, 1.82) is 0 Å². The molecule has 1 fully saturated rings. The minimum Gasteiger partial charge on any atom is -0.379 e. The summed E-state index contributed by atoms with van der Waals surface area (Å²) in [5.41, 5.74) is 2.23. The Kier molecular flexibility index (Phi) is 3.03. The quantitative estimate of drug-likeness (QED) is 0.786. The second-order valence-corrected chi connectivity index (χ2v) is 4.38. The summed E-state index contributed by atoms with van der Waals surface area (Å²) in [6.45, 7) is 4.62. The predicted molar refractivity (Wildman–Crippen MR) is 67.8 cm³/mol. The number of hydrogen-bond donors (Lipinski definition) is 0. The molecule has 17 heavy (non-hydrogen) atoms. The van der Waals surface area contributed by atoms with Crippen molar-refractivity contribution in [2.45, 2.75) is 6.54 Å². The van der Waals surface area contributed by atoms with E-state index in [1.165, 1.54) is 5.39 Å². The molecule has 2 aromatic rings. The first kappa shape index (κ1) is 10.7. The highest BCUT2D eigenvalue weighted by atomic mass is 16.5. The lowest BCUT2D eigenvalue weighted by Gasteiger charge is -2.26. The smallest absolute Gasteiger partial charge is 0.0705 e. The van der Waals surface area contributed by atoms with Crippen LogP contribution in [0.3, 0.4) is 0 Å². The number of aromatic nitrogens is 1. The van der Waals surface area contributed by atoms with E-state index in [1.54, 1.807) is 0 Å². The second kappa shape index (κ2) is 4.82. The molecular formula is C14H16N2O. The van der Waals surface area contributed by atoms with Crippen LogP contribution in [-0.4, -0.2) is 36.2 Å². The van der Waals surface area contributed by atoms with Gasteiger partial charge in [-0.2, -0.15) is 0 Å². The molecule has 1 aliphatic rings. The van der Waals surface area contributed by atoms with E-state index in [1.807, 2.05) is 12.1 Å². The van der Waals surface area contributed by atoms with Gasteiger partial charge in [0.25, 0.3) is 0 Å². The van der Waals surface area contributed by atoms with Gasteiger partial charge in [0, 0.05) is 25.0 Å². The molecule has 0 spiro atoms. The van der Waals surface area contributed by atoms with E-state index in [0.29, 0.717) is 0 Å². The van der Waals surface area contributed by atoms with Crippen molar-refractivity contribution in [1.82, 2.24) is 9.88 Å². The zero-order valence-electron chi connectivity index (χ0n) is 9.80. The van der Waals surface area contributed by atoms with Crippen molar-refractivity contribution >= 4 is 10.9 Å². The topological polar surface area (TPSA) is 25.4 Å². The molecule has 1 aromatic heterocycles. The number of hydrogen-bond acceptors (Lipinski definition) is 3. The van der Waals surface area contributed by atoms with E-state index >= 15 is 0 Å². The van der Waals surface area contributed by atoms with Gasteiger partial charge in [0.05, 0.1) is 24.4 Å². The summed E-state index contributed by atoms with van der Waals surface area (Å²) in [6.07, 6.45) is 0. The van der Waals surface area contributed by atoms with Crippen LogP contribution in [-0.2, 0) is 11.3 Å². The molecule has 3 nitrogen and oxygen atoms in total. The molecule has 0 atom stereocenters. The van der Waals surface area contributed by atoms with Gasteiger partial charge in [0.15, 0.2) is 0 Å². The van der Waals surface area contributed by atoms with Gasteiger partial charge in [-0.15, -0.1) is 0 Å². The van der Waals surface area contributed by atoms with E-state index in [0.717, 1.165) is 44.1 Å². The number of ether oxygens (including phenoxy) is 1. The zero-order valence-corrected chi connectivity index (χ0v) is 9.80. The van der Waals surface area contributed by atoms with E-state index in [9.17, 15) is 0 Å². The van der Waals surface area contributed by atoms with Gasteiger partial charge in [-0.25, -0.2) is 0 Å². The molecule has 3 heteroatoms. The van der Waals surface area contributed by atoms with Crippen LogP contribution in [0.1, 0.15) is 5.69 Å². The van der Waals surface area contributed by atoms with Gasteiger partial charge in [0.1, 0.15) is 0 Å². The van der Waals surface area contributed by atoms with E-state index in [-0.39, 0.29) is 0 Å². The first-order valence-corrected chi connectivity index (χ1v) is 6.06. The van der Waals surface area contributed by atoms with Crippen LogP contribution in [0.25, 0.3) is 10.9 Å². The Bertz CT molecular complexity index is 506. The summed E-state index contributed by atoms with van der Waals surface area (Å²) in [5.74, 6) is 0. The van der Waals surface area contributed by atoms with Crippen LogP contribution in [0, 0.1) is 0 Å². The van der Waals surface area contributed by atoms with Gasteiger partial charge < -0.3 is 4.74 Å². The number of pyridine rings is 1. The Balaban J connectivity index is 1.80. The molecule has 1 saturated heterocycles. The predicted octanol–water partition coefficient (Wildman–Crippen LogP) is 2.07. The molecule has 1 aliphatic heterocycles. The number of morpholine rings is 1. The minimum atomic E-state index is 0.841. The van der Waals surface area contributed by atoms with Crippen LogP contribution in [0.4, 0.5) is 0 Å². The fourth-order valence-electron chi connectivity index (χ4n) is 2.18. The Hall–Kier alpha value is -1.45. The van der Waals surface area contributed by atoms with Gasteiger partial charge in [-0.3, -0.25) is 9.88 Å². The molecular weight excluding hydrogens is 212 g/mol. The van der Waals surface area contributed by atoms with Crippen molar-refractivity contribution in [2.75, 3.05) is 26.3 Å². The van der Waals surface area contributed by atoms with E-state index in [4.69, 9.17) is 4.74 Å². The average Bonchev–Trinajstić information content (AvgIpc) is 2.40. The normalized spacial score (nSPS) is 17.4. The summed E-state index contributed by atoms with van der Waals surface area (Å²) in [4.78, 5) is 7.08. The van der Waals surface area contributed by atoms with Gasteiger partial charge in [-0.1, -0.05) is 24.3 Å². The standard InChI is InChI=1S/C14H16N2O/c1-2-4-14-12(3-1)5-6-13(15-14)11-16-7-9-17-10-8-16/h1-6H,7-11H2. The maximum absolute atomic E-state index is 5.35. The molecule has 0 N–H and O–H groups in total. The van der Waals surface area contributed by atoms with Crippen molar-refractivity contribution in [3.05, 3.63) is 42.1 Å². The third-order valence-electron chi connectivity index (χ3n) is 3.15. The number of benzene rings is 1. The molecule has 0 aliphatic carbocycles. The summed E-state index contributed by atoms with van der Waals surface area (Å²) < 4.78 is 5.35. The average molecular weight is 228 g/mol. The molecule has 0 bridgehead atoms. The third kappa shape index (κ3) is 2.46. The van der Waals surface area contributed by atoms with Crippen molar-refractivity contribution < 1.29 is 4.74 Å². The highest BCUT2D eigenvalue weighted by Gasteiger charge is 2.11. The Morgan fingerprint density at radius 2 is 1.88 bits per heavy atom. The van der Waals surface area contributed by atoms with E-state index in [2.05, 4.69) is 34.1 Å². The molecule has 2 heterocycles. The summed E-state index contributed by atoms with van der Waals surface area (Å²) >= 11 is 0. The highest BCUT2D eigenvalue weighted by Crippen LogP contribution is 2.13. The largest absolute Gasteiger partial charge is 0.379 e. The maximum Gasteiger partial charge on any atom is 0.0705 e. The molecule has 0 radical (unpaired) electrons. The number of fused-ring (bicyclic) bond motifs is 1. The molecule has 88 valence electrons. The van der Waals surface area contributed by atoms with Crippen LogP contribution in [0.15, 0.2) is 36.4 Å². The molecule has 0 saturated carbocycles. The number of rotatable bonds is 2. The summed E-state index contributed by atoms with van der Waals surface area (Å²) in [7, 11) is 0. The fraction of sp³-hybridized carbons (Fsp3) is 0.357. The Labute approximate surface area is 101 Å². The molecule has 3 rings (SSSR count). The Morgan fingerprint density at radius 3 is 2.76 bits per heavy atom. The summed E-state index contributed by atoms with van der Waals surface area (Å²) in [5, 5.41) is 1.21. The monoisotopic (exact) mass is 228 g/mol. The van der Waals surface area contributed by atoms with Crippen molar-refractivity contribution in [3.63, 3.8) is 0 Å². The second-order valence-electron chi connectivity index (χ2n) is 4.38. The number of para-hydroxylation sites is 1. The Morgan fingerprint density at radius 1 is 1.06 bits per heavy atom. The molecule has 0 unspecified atom stereocenters. The number of nitrogens with zero attached hydrogens (tertiary/aromatic N) is 2. The lowest BCUT2D eigenvalue weighted by molar-refractivity contribution is 0.0337. The minimum absolute atomic E-state index is 0.841. The van der Waals surface area contributed by atoms with Crippen LogP contribution in [0.5, 0.6) is 0 Å². The SMILES string of the molecule is c1ccc2nc(CN3CCOCC3)ccc2c1. The van der Waals surface area contributed by atoms with Crippen molar-refractivity contribution in [2.24, 2.45) is 0 Å². The lowest BCUT2D eigenvalue weighted by atomic mass is 10.2. The zero-order chi connectivity index (χ0) is 11.5. The fourth-order valence-corrected chi connectivity index (χ4v) is 2.18. The van der Waals surface area contributed by atoms with Crippen molar-refractivity contribution in [3.8, 4) is 0 Å². The van der Waals surface area contributed by atoms with Crippen LogP contribution < -0.4 is 0 Å². The third-order valence-corrected chi connectivity index (χ3v) is 3.15. The lowest BCUT2D eigenvalue weighted by Crippen LogP contribution is -2.35. The van der Waals surface area contributed by atoms with Crippen LogP contribution in [0.2, 0.25) is 0 Å².